The van der Waals surface area contributed by atoms with Gasteiger partial charge in [-0.3, -0.25) is 14.5 Å². The Kier molecular flexibility index (Phi) is 4.75. The molecule has 1 aromatic carbocycles. The molecule has 1 saturated heterocycles. The fourth-order valence-corrected chi connectivity index (χ4v) is 5.14. The number of hydrogen-bond donors (Lipinski definition) is 2. The minimum atomic E-state index is -3.99. The Bertz CT molecular complexity index is 740. The molecule has 2 aliphatic heterocycles. The average molecular weight is 357 g/mol. The lowest BCUT2D eigenvalue weighted by Crippen LogP contribution is -2.50. The maximum absolute atomic E-state index is 14.3. The number of fused-ring (bicyclic) bond motifs is 1. The molecule has 0 spiro atoms. The van der Waals surface area contributed by atoms with Gasteiger partial charge in [-0.2, -0.15) is 0 Å². The number of sulfonamides is 1. The number of ether oxygens (including phenoxy) is 1. The summed E-state index contributed by atoms with van der Waals surface area (Å²) < 4.78 is 46.5. The van der Waals surface area contributed by atoms with Gasteiger partial charge in [0.15, 0.2) is 5.37 Å². The topological polar surface area (TPSA) is 87.7 Å². The highest BCUT2D eigenvalue weighted by Crippen LogP contribution is 2.34. The molecule has 0 aromatic heterocycles. The molecule has 0 bridgehead atoms. The Balaban J connectivity index is 1.96. The molecule has 0 amide bonds. The van der Waals surface area contributed by atoms with Crippen molar-refractivity contribution in [3.05, 3.63) is 29.6 Å². The summed E-state index contributed by atoms with van der Waals surface area (Å²) in [6, 6.07) is 4.54. The number of carbonyl (C=O) groups is 1. The third-order valence-electron chi connectivity index (χ3n) is 4.28. The van der Waals surface area contributed by atoms with Crippen molar-refractivity contribution in [2.75, 3.05) is 24.0 Å². The van der Waals surface area contributed by atoms with Crippen LogP contribution in [0.3, 0.4) is 0 Å². The van der Waals surface area contributed by atoms with E-state index >= 15 is 0 Å². The summed E-state index contributed by atoms with van der Waals surface area (Å²) in [5, 5.41) is -1.19. The second kappa shape index (κ2) is 6.66. The maximum atomic E-state index is 14.3. The quantitative estimate of drug-likeness (QED) is 0.764. The first-order valence-corrected chi connectivity index (χ1v) is 9.41. The number of para-hydroxylation sites is 1. The first-order chi connectivity index (χ1) is 11.5. The first-order valence-electron chi connectivity index (χ1n) is 7.90. The number of benzene rings is 1. The van der Waals surface area contributed by atoms with E-state index in [1.165, 1.54) is 6.07 Å². The zero-order valence-corrected chi connectivity index (χ0v) is 14.1. The highest BCUT2D eigenvalue weighted by atomic mass is 32.2. The zero-order valence-electron chi connectivity index (χ0n) is 13.3. The Morgan fingerprint density at radius 2 is 2.25 bits per heavy atom. The number of hydrazine groups is 1. The molecular weight excluding hydrogens is 337 g/mol. The van der Waals surface area contributed by atoms with Gasteiger partial charge >= 0.3 is 5.97 Å². The maximum Gasteiger partial charge on any atom is 0.313 e. The lowest BCUT2D eigenvalue weighted by Gasteiger charge is -2.33. The van der Waals surface area contributed by atoms with Crippen LogP contribution in [0.4, 0.5) is 10.1 Å². The van der Waals surface area contributed by atoms with Crippen molar-refractivity contribution >= 4 is 21.7 Å². The van der Waals surface area contributed by atoms with Gasteiger partial charge in [0.2, 0.25) is 0 Å². The van der Waals surface area contributed by atoms with Crippen LogP contribution >= 0.6 is 0 Å². The number of hydrogen-bond acceptors (Lipinski definition) is 6. The van der Waals surface area contributed by atoms with Gasteiger partial charge in [0.05, 0.1) is 12.3 Å². The number of nitrogens with zero attached hydrogens (tertiary/aromatic N) is 1. The minimum absolute atomic E-state index is 0.0834. The highest BCUT2D eigenvalue weighted by Gasteiger charge is 2.46. The van der Waals surface area contributed by atoms with E-state index in [0.717, 1.165) is 4.31 Å². The predicted molar refractivity (Wildman–Crippen MR) is 86.0 cm³/mol. The molecule has 24 heavy (non-hydrogen) atoms. The second-order valence-electron chi connectivity index (χ2n) is 5.77. The van der Waals surface area contributed by atoms with Gasteiger partial charge < -0.3 is 4.74 Å². The van der Waals surface area contributed by atoms with Crippen molar-refractivity contribution in [2.24, 2.45) is 5.92 Å². The van der Waals surface area contributed by atoms with E-state index in [-0.39, 0.29) is 25.4 Å². The molecule has 2 N–H and O–H groups in total. The van der Waals surface area contributed by atoms with Gasteiger partial charge in [-0.15, -0.1) is 0 Å². The van der Waals surface area contributed by atoms with E-state index < -0.39 is 33.1 Å². The van der Waals surface area contributed by atoms with E-state index in [1.54, 1.807) is 19.1 Å². The van der Waals surface area contributed by atoms with E-state index in [0.29, 0.717) is 18.4 Å². The van der Waals surface area contributed by atoms with Gasteiger partial charge in [0.25, 0.3) is 10.0 Å². The van der Waals surface area contributed by atoms with Crippen LogP contribution in [-0.2, 0) is 26.0 Å². The minimum Gasteiger partial charge on any atom is -0.466 e. The van der Waals surface area contributed by atoms with Crippen molar-refractivity contribution in [2.45, 2.75) is 25.1 Å². The summed E-state index contributed by atoms with van der Waals surface area (Å²) in [4.78, 5) is 12.0. The van der Waals surface area contributed by atoms with Crippen LogP contribution < -0.4 is 15.2 Å². The molecule has 0 radical (unpaired) electrons. The van der Waals surface area contributed by atoms with Crippen LogP contribution in [-0.4, -0.2) is 39.5 Å². The summed E-state index contributed by atoms with van der Waals surface area (Å²) >= 11 is 0. The molecule has 2 atom stereocenters. The summed E-state index contributed by atoms with van der Waals surface area (Å²) in [5.74, 6) is -2.05. The fraction of sp³-hybridized carbons (Fsp3) is 0.533. The number of anilines is 1. The third-order valence-corrected chi connectivity index (χ3v) is 6.34. The van der Waals surface area contributed by atoms with Crippen molar-refractivity contribution in [1.82, 2.24) is 10.9 Å². The zero-order chi connectivity index (χ0) is 17.3. The Morgan fingerprint density at radius 1 is 1.46 bits per heavy atom. The molecular formula is C15H20FN3O4S. The molecule has 0 aliphatic carbocycles. The molecule has 9 heteroatoms. The molecule has 2 aliphatic rings. The first kappa shape index (κ1) is 17.1. The van der Waals surface area contributed by atoms with Crippen LogP contribution in [0.15, 0.2) is 18.2 Å². The van der Waals surface area contributed by atoms with Gasteiger partial charge in [-0.05, 0) is 31.4 Å². The monoisotopic (exact) mass is 357 g/mol. The Labute approximate surface area is 140 Å². The lowest BCUT2D eigenvalue weighted by atomic mass is 10.0. The molecule has 2 unspecified atom stereocenters. The second-order valence-corrected chi connectivity index (χ2v) is 7.75. The molecule has 2 heterocycles. The van der Waals surface area contributed by atoms with Crippen LogP contribution in [0.5, 0.6) is 0 Å². The van der Waals surface area contributed by atoms with Gasteiger partial charge in [0, 0.05) is 13.1 Å². The van der Waals surface area contributed by atoms with Crippen LogP contribution in [0.25, 0.3) is 0 Å². The normalized spacial score (nSPS) is 23.8. The number of aryl methyl sites for hydroxylation is 1. The van der Waals surface area contributed by atoms with E-state index in [1.807, 2.05) is 0 Å². The molecule has 0 saturated carbocycles. The Morgan fingerprint density at radius 3 is 3.00 bits per heavy atom. The van der Waals surface area contributed by atoms with E-state index in [4.69, 9.17) is 4.74 Å². The number of rotatable bonds is 4. The standard InChI is InChI=1S/C15H20FN3O4S/c1-2-23-15(20)11-9-17-18-14(11)24(21,22)19-8-4-6-10-5-3-7-12(16)13(10)19/h3,5,7,11,14,17-18H,2,4,6,8-9H2,1H3. The molecule has 7 nitrogen and oxygen atoms in total. The summed E-state index contributed by atoms with van der Waals surface area (Å²) in [5.41, 5.74) is 6.07. The number of halogens is 1. The van der Waals surface area contributed by atoms with Crippen molar-refractivity contribution in [3.63, 3.8) is 0 Å². The lowest BCUT2D eigenvalue weighted by molar-refractivity contribution is -0.147. The van der Waals surface area contributed by atoms with Crippen LogP contribution in [0.1, 0.15) is 18.9 Å². The predicted octanol–water partition coefficient (Wildman–Crippen LogP) is 0.521. The summed E-state index contributed by atoms with van der Waals surface area (Å²) in [7, 11) is -3.99. The molecule has 1 fully saturated rings. The van der Waals surface area contributed by atoms with E-state index in [9.17, 15) is 17.6 Å². The smallest absolute Gasteiger partial charge is 0.313 e. The average Bonchev–Trinajstić information content (AvgIpc) is 3.05. The van der Waals surface area contributed by atoms with Gasteiger partial charge in [-0.25, -0.2) is 18.2 Å². The van der Waals surface area contributed by atoms with E-state index in [2.05, 4.69) is 10.9 Å². The van der Waals surface area contributed by atoms with Gasteiger partial charge in [-0.1, -0.05) is 12.1 Å². The SMILES string of the molecule is CCOC(=O)C1CNNC1S(=O)(=O)N1CCCc2cccc(F)c21. The third kappa shape index (κ3) is 2.87. The highest BCUT2D eigenvalue weighted by molar-refractivity contribution is 7.93. The van der Waals surface area contributed by atoms with Crippen molar-refractivity contribution < 1.29 is 22.3 Å². The molecule has 132 valence electrons. The summed E-state index contributed by atoms with van der Waals surface area (Å²) in [6.07, 6.45) is 1.22. The van der Waals surface area contributed by atoms with Crippen molar-refractivity contribution in [1.29, 1.82) is 0 Å². The fourth-order valence-electron chi connectivity index (χ4n) is 3.17. The number of nitrogens with one attached hydrogen (secondary N) is 2. The largest absolute Gasteiger partial charge is 0.466 e. The molecule has 3 rings (SSSR count). The Hall–Kier alpha value is -1.71. The van der Waals surface area contributed by atoms with Gasteiger partial charge in [0.1, 0.15) is 11.7 Å². The molecule has 1 aromatic rings. The summed E-state index contributed by atoms with van der Waals surface area (Å²) in [6.45, 7) is 2.15. The van der Waals surface area contributed by atoms with Crippen LogP contribution in [0, 0.1) is 11.7 Å². The van der Waals surface area contributed by atoms with Crippen molar-refractivity contribution in [3.8, 4) is 0 Å². The number of carbonyl (C=O) groups excluding carboxylic acids is 1. The number of esters is 1. The van der Waals surface area contributed by atoms with Crippen LogP contribution in [0.2, 0.25) is 0 Å².